The van der Waals surface area contributed by atoms with Crippen molar-refractivity contribution < 1.29 is 4.79 Å². The van der Waals surface area contributed by atoms with Crippen LogP contribution in [0.2, 0.25) is 0 Å². The van der Waals surface area contributed by atoms with Crippen molar-refractivity contribution in [1.29, 1.82) is 0 Å². The summed E-state index contributed by atoms with van der Waals surface area (Å²) in [5.41, 5.74) is 13.7. The van der Waals surface area contributed by atoms with Crippen LogP contribution in [0.4, 0.5) is 0 Å². The highest BCUT2D eigenvalue weighted by Gasteiger charge is 2.28. The van der Waals surface area contributed by atoms with Gasteiger partial charge in [-0.2, -0.15) is 0 Å². The first-order chi connectivity index (χ1) is 8.08. The van der Waals surface area contributed by atoms with Crippen LogP contribution in [0.3, 0.4) is 0 Å². The number of hydrogen-bond donors (Lipinski definition) is 3. The second-order valence-corrected chi connectivity index (χ2v) is 4.76. The minimum absolute atomic E-state index is 0.0795. The Hall–Kier alpha value is -1.39. The molecule has 17 heavy (non-hydrogen) atoms. The number of fused-ring (bicyclic) bond motifs is 1. The second kappa shape index (κ2) is 4.85. The van der Waals surface area contributed by atoms with Gasteiger partial charge in [-0.1, -0.05) is 24.3 Å². The van der Waals surface area contributed by atoms with Gasteiger partial charge in [0.15, 0.2) is 0 Å². The van der Waals surface area contributed by atoms with Crippen molar-refractivity contribution in [3.05, 3.63) is 35.4 Å². The van der Waals surface area contributed by atoms with Crippen LogP contribution >= 0.6 is 0 Å². The van der Waals surface area contributed by atoms with Crippen LogP contribution in [0.1, 0.15) is 43.0 Å². The molecule has 0 spiro atoms. The summed E-state index contributed by atoms with van der Waals surface area (Å²) in [6.45, 7) is 1.97. The predicted molar refractivity (Wildman–Crippen MR) is 67.1 cm³/mol. The summed E-state index contributed by atoms with van der Waals surface area (Å²) in [5.74, 6) is -0.277. The van der Waals surface area contributed by atoms with Gasteiger partial charge in [0, 0.05) is 24.5 Å². The summed E-state index contributed by atoms with van der Waals surface area (Å²) in [6, 6.07) is 8.59. The van der Waals surface area contributed by atoms with Crippen molar-refractivity contribution in [2.45, 2.75) is 37.9 Å². The van der Waals surface area contributed by atoms with E-state index in [0.29, 0.717) is 6.42 Å². The van der Waals surface area contributed by atoms with E-state index in [4.69, 9.17) is 11.5 Å². The summed E-state index contributed by atoms with van der Waals surface area (Å²) in [6.07, 6.45) is 1.23. The average Bonchev–Trinajstić information content (AvgIpc) is 2.55. The van der Waals surface area contributed by atoms with Gasteiger partial charge in [-0.25, -0.2) is 0 Å². The molecule has 0 aliphatic heterocycles. The van der Waals surface area contributed by atoms with E-state index in [9.17, 15) is 4.79 Å². The van der Waals surface area contributed by atoms with Crippen molar-refractivity contribution in [3.8, 4) is 0 Å². The van der Waals surface area contributed by atoms with Gasteiger partial charge in [0.2, 0.25) is 5.91 Å². The minimum atomic E-state index is -0.277. The Balaban J connectivity index is 2.07. The zero-order chi connectivity index (χ0) is 12.4. The molecular formula is C13H19N3O. The molecule has 1 aliphatic carbocycles. The molecule has 1 amide bonds. The standard InChI is InChI=1S/C13H19N3O/c1-8(6-13(15)17)16-12-7-11(14)9-4-2-3-5-10(9)12/h2-5,8,11-12,16H,6-7,14H2,1H3,(H2,15,17). The summed E-state index contributed by atoms with van der Waals surface area (Å²) in [5, 5.41) is 3.42. The molecule has 1 aromatic carbocycles. The van der Waals surface area contributed by atoms with Crippen molar-refractivity contribution >= 4 is 5.91 Å². The van der Waals surface area contributed by atoms with E-state index in [1.807, 2.05) is 19.1 Å². The number of carbonyl (C=O) groups excluding carboxylic acids is 1. The number of benzene rings is 1. The molecule has 3 atom stereocenters. The lowest BCUT2D eigenvalue weighted by atomic mass is 10.1. The number of nitrogens with one attached hydrogen (secondary N) is 1. The van der Waals surface area contributed by atoms with E-state index in [1.54, 1.807) is 0 Å². The maximum atomic E-state index is 10.9. The molecule has 0 bridgehead atoms. The molecule has 4 nitrogen and oxygen atoms in total. The van der Waals surface area contributed by atoms with E-state index in [1.165, 1.54) is 11.1 Å². The maximum Gasteiger partial charge on any atom is 0.218 e. The number of carbonyl (C=O) groups is 1. The van der Waals surface area contributed by atoms with Crippen LogP contribution < -0.4 is 16.8 Å². The van der Waals surface area contributed by atoms with Crippen LogP contribution in [0.25, 0.3) is 0 Å². The number of hydrogen-bond acceptors (Lipinski definition) is 3. The van der Waals surface area contributed by atoms with Crippen LogP contribution in [-0.2, 0) is 4.79 Å². The molecule has 0 saturated heterocycles. The van der Waals surface area contributed by atoms with Crippen LogP contribution in [-0.4, -0.2) is 11.9 Å². The van der Waals surface area contributed by atoms with Gasteiger partial charge < -0.3 is 16.8 Å². The molecule has 4 heteroatoms. The topological polar surface area (TPSA) is 81.1 Å². The molecule has 0 aromatic heterocycles. The van der Waals surface area contributed by atoms with Crippen molar-refractivity contribution in [2.75, 3.05) is 0 Å². The first-order valence-electron chi connectivity index (χ1n) is 5.96. The maximum absolute atomic E-state index is 10.9. The molecule has 1 aliphatic rings. The summed E-state index contributed by atoms with van der Waals surface area (Å²) < 4.78 is 0. The quantitative estimate of drug-likeness (QED) is 0.725. The normalized spacial score (nSPS) is 24.4. The van der Waals surface area contributed by atoms with Crippen LogP contribution in [0.5, 0.6) is 0 Å². The zero-order valence-corrected chi connectivity index (χ0v) is 10.0. The van der Waals surface area contributed by atoms with Gasteiger partial charge in [-0.15, -0.1) is 0 Å². The summed E-state index contributed by atoms with van der Waals surface area (Å²) in [4.78, 5) is 10.9. The van der Waals surface area contributed by atoms with Gasteiger partial charge in [0.05, 0.1) is 0 Å². The third-order valence-corrected chi connectivity index (χ3v) is 3.25. The van der Waals surface area contributed by atoms with Crippen LogP contribution in [0, 0.1) is 0 Å². The zero-order valence-electron chi connectivity index (χ0n) is 10.0. The summed E-state index contributed by atoms with van der Waals surface area (Å²) >= 11 is 0. The number of rotatable bonds is 4. The van der Waals surface area contributed by atoms with Crippen molar-refractivity contribution in [1.82, 2.24) is 5.32 Å². The molecule has 0 heterocycles. The molecule has 2 rings (SSSR count). The Morgan fingerprint density at radius 3 is 2.76 bits per heavy atom. The van der Waals surface area contributed by atoms with Gasteiger partial charge in [0.25, 0.3) is 0 Å². The monoisotopic (exact) mass is 233 g/mol. The second-order valence-electron chi connectivity index (χ2n) is 4.76. The molecule has 3 unspecified atom stereocenters. The van der Waals surface area contributed by atoms with E-state index in [0.717, 1.165) is 6.42 Å². The number of amides is 1. The molecule has 0 radical (unpaired) electrons. The van der Waals surface area contributed by atoms with E-state index < -0.39 is 0 Å². The highest BCUT2D eigenvalue weighted by atomic mass is 16.1. The highest BCUT2D eigenvalue weighted by Crippen LogP contribution is 2.37. The van der Waals surface area contributed by atoms with Crippen molar-refractivity contribution in [3.63, 3.8) is 0 Å². The fourth-order valence-corrected chi connectivity index (χ4v) is 2.54. The Labute approximate surface area is 101 Å². The average molecular weight is 233 g/mol. The Bertz CT molecular complexity index is 419. The lowest BCUT2D eigenvalue weighted by molar-refractivity contribution is -0.118. The predicted octanol–water partition coefficient (Wildman–Crippen LogP) is 0.985. The van der Waals surface area contributed by atoms with Gasteiger partial charge in [-0.05, 0) is 24.5 Å². The van der Waals surface area contributed by atoms with E-state index >= 15 is 0 Å². The van der Waals surface area contributed by atoms with Crippen LogP contribution in [0.15, 0.2) is 24.3 Å². The largest absolute Gasteiger partial charge is 0.370 e. The van der Waals surface area contributed by atoms with Gasteiger partial charge in [0.1, 0.15) is 0 Å². The van der Waals surface area contributed by atoms with E-state index in [2.05, 4.69) is 17.4 Å². The van der Waals surface area contributed by atoms with Crippen molar-refractivity contribution in [2.24, 2.45) is 11.5 Å². The lowest BCUT2D eigenvalue weighted by Gasteiger charge is -2.19. The van der Waals surface area contributed by atoms with Gasteiger partial charge >= 0.3 is 0 Å². The first-order valence-corrected chi connectivity index (χ1v) is 5.96. The Morgan fingerprint density at radius 1 is 1.47 bits per heavy atom. The SMILES string of the molecule is CC(CC(N)=O)NC1CC(N)c2ccccc21. The van der Waals surface area contributed by atoms with E-state index in [-0.39, 0.29) is 24.0 Å². The number of primary amides is 1. The molecule has 92 valence electrons. The lowest BCUT2D eigenvalue weighted by Crippen LogP contribution is -2.33. The van der Waals surface area contributed by atoms with Gasteiger partial charge in [-0.3, -0.25) is 4.79 Å². The first kappa shape index (κ1) is 12.1. The Kier molecular flexibility index (Phi) is 3.45. The Morgan fingerprint density at radius 2 is 2.12 bits per heavy atom. The third kappa shape index (κ3) is 2.65. The molecule has 1 aromatic rings. The molecule has 0 saturated carbocycles. The fourth-order valence-electron chi connectivity index (χ4n) is 2.54. The molecule has 5 N–H and O–H groups in total. The highest BCUT2D eigenvalue weighted by molar-refractivity contribution is 5.74. The summed E-state index contributed by atoms with van der Waals surface area (Å²) in [7, 11) is 0. The smallest absolute Gasteiger partial charge is 0.218 e. The number of nitrogens with two attached hydrogens (primary N) is 2. The third-order valence-electron chi connectivity index (χ3n) is 3.25. The molecular weight excluding hydrogens is 214 g/mol. The molecule has 0 fully saturated rings. The minimum Gasteiger partial charge on any atom is -0.370 e. The fraction of sp³-hybridized carbons (Fsp3) is 0.462.